The quantitative estimate of drug-likeness (QED) is 0.0920. The molecule has 1 aliphatic heterocycles. The lowest BCUT2D eigenvalue weighted by Crippen LogP contribution is -2.38. The molecule has 2 N–H and O–H groups in total. The third kappa shape index (κ3) is 10.5. The number of allylic oxidation sites excluding steroid dienone is 1. The summed E-state index contributed by atoms with van der Waals surface area (Å²) in [4.78, 5) is 14.5. The van der Waals surface area contributed by atoms with E-state index in [1.807, 2.05) is 19.1 Å². The topological polar surface area (TPSA) is 71.2 Å². The number of halogens is 9. The third-order valence-electron chi connectivity index (χ3n) is 8.26. The number of carbonyl (C=O) groups is 1. The molecule has 1 aliphatic rings. The molecule has 1 heterocycles. The van der Waals surface area contributed by atoms with E-state index in [0.29, 0.717) is 31.6 Å². The van der Waals surface area contributed by atoms with E-state index in [9.17, 15) is 44.3 Å². The van der Waals surface area contributed by atoms with Gasteiger partial charge in [-0.3, -0.25) is 9.91 Å². The number of alkyl halides is 9. The highest BCUT2D eigenvalue weighted by Gasteiger charge is 2.41. The Hall–Kier alpha value is -3.91. The van der Waals surface area contributed by atoms with Crippen molar-refractivity contribution in [3.8, 4) is 0 Å². The number of ether oxygens (including phenoxy) is 1. The predicted octanol–water partition coefficient (Wildman–Crippen LogP) is 10.1. The SMILES string of the molecule is C/C=C/CCN(CC)/N=C(\N)C(Cc1cc(C(F)(F)F)cc(C(F)(F)F)c1)[C@H]1CCCN(C(=O)OC(C)(C)C)c2cc(C(F)(F)F)c(C)cc21. The predicted molar refractivity (Wildman–Crippen MR) is 174 cm³/mol. The van der Waals surface area contributed by atoms with Crippen LogP contribution in [0, 0.1) is 12.8 Å². The largest absolute Gasteiger partial charge is 0.443 e. The summed E-state index contributed by atoms with van der Waals surface area (Å²) in [6, 6.07) is 3.34. The molecule has 50 heavy (non-hydrogen) atoms. The Morgan fingerprint density at radius 1 is 1.00 bits per heavy atom. The summed E-state index contributed by atoms with van der Waals surface area (Å²) in [6.45, 7) is 10.3. The number of hydrazone groups is 1. The normalized spacial score (nSPS) is 17.1. The van der Waals surface area contributed by atoms with Gasteiger partial charge in [0.1, 0.15) is 11.4 Å². The van der Waals surface area contributed by atoms with E-state index in [4.69, 9.17) is 10.5 Å². The van der Waals surface area contributed by atoms with E-state index in [0.717, 1.165) is 11.0 Å². The Morgan fingerprint density at radius 2 is 1.60 bits per heavy atom. The van der Waals surface area contributed by atoms with E-state index in [1.165, 1.54) is 13.0 Å². The number of rotatable bonds is 9. The van der Waals surface area contributed by atoms with Gasteiger partial charge in [-0.15, -0.1) is 0 Å². The van der Waals surface area contributed by atoms with Gasteiger partial charge in [-0.2, -0.15) is 44.6 Å². The maximum atomic E-state index is 14.2. The lowest BCUT2D eigenvalue weighted by atomic mass is 9.77. The van der Waals surface area contributed by atoms with Crippen LogP contribution in [-0.2, 0) is 29.7 Å². The molecule has 0 saturated heterocycles. The standard InChI is InChI=1S/C35H43F9N4O2/c1-7-9-10-13-47(8-2)46-30(45)27(18-22-16-23(33(36,37)38)19-24(17-22)34(39,40)41)25-12-11-14-48(31(49)50-32(4,5)6)29-20-28(35(42,43)44)21(3)15-26(25)29/h7,9,15-17,19-20,25,27H,8,10-14,18H2,1-6H3,(H2,45,46)/b9-7+/t25-,27?/m0/s1. The van der Waals surface area contributed by atoms with Gasteiger partial charge in [-0.25, -0.2) is 4.79 Å². The third-order valence-corrected chi connectivity index (χ3v) is 8.26. The number of amides is 1. The molecule has 0 spiro atoms. The van der Waals surface area contributed by atoms with Crippen molar-refractivity contribution in [2.45, 2.75) is 97.3 Å². The van der Waals surface area contributed by atoms with E-state index in [-0.39, 0.29) is 53.7 Å². The van der Waals surface area contributed by atoms with Gasteiger partial charge in [0.05, 0.1) is 22.4 Å². The second-order valence-electron chi connectivity index (χ2n) is 13.3. The second-order valence-corrected chi connectivity index (χ2v) is 13.3. The molecule has 15 heteroatoms. The molecule has 6 nitrogen and oxygen atoms in total. The second kappa shape index (κ2) is 15.5. The van der Waals surface area contributed by atoms with Crippen molar-refractivity contribution in [2.24, 2.45) is 16.8 Å². The minimum absolute atomic E-state index is 0.0255. The van der Waals surface area contributed by atoms with Gasteiger partial charge in [0.2, 0.25) is 0 Å². The molecule has 2 atom stereocenters. The minimum atomic E-state index is -5.11. The smallest absolute Gasteiger partial charge is 0.416 e. The van der Waals surface area contributed by atoms with E-state index >= 15 is 0 Å². The molecular weight excluding hydrogens is 679 g/mol. The van der Waals surface area contributed by atoms with Crippen LogP contribution < -0.4 is 10.6 Å². The van der Waals surface area contributed by atoms with Crippen LogP contribution in [0.15, 0.2) is 47.6 Å². The molecule has 0 saturated carbocycles. The lowest BCUT2D eigenvalue weighted by Gasteiger charge is -2.32. The number of aryl methyl sites for hydroxylation is 1. The Bertz CT molecular complexity index is 1530. The van der Waals surface area contributed by atoms with Crippen LogP contribution in [0.4, 0.5) is 50.0 Å². The zero-order valence-electron chi connectivity index (χ0n) is 28.8. The van der Waals surface area contributed by atoms with Gasteiger partial charge in [0, 0.05) is 25.6 Å². The molecule has 2 aromatic rings. The Labute approximate surface area is 286 Å². The number of hydrogen-bond donors (Lipinski definition) is 1. The fourth-order valence-electron chi connectivity index (χ4n) is 5.98. The maximum Gasteiger partial charge on any atom is 0.416 e. The highest BCUT2D eigenvalue weighted by atomic mass is 19.4. The summed E-state index contributed by atoms with van der Waals surface area (Å²) in [5, 5.41) is 6.13. The number of fused-ring (bicyclic) bond motifs is 1. The first-order chi connectivity index (χ1) is 23.0. The Kier molecular flexibility index (Phi) is 12.6. The molecule has 3 rings (SSSR count). The summed E-state index contributed by atoms with van der Waals surface area (Å²) >= 11 is 0. The van der Waals surface area contributed by atoms with Crippen LogP contribution in [0.5, 0.6) is 0 Å². The number of hydrogen-bond acceptors (Lipinski definition) is 4. The van der Waals surface area contributed by atoms with E-state index in [1.54, 1.807) is 32.7 Å². The lowest BCUT2D eigenvalue weighted by molar-refractivity contribution is -0.143. The average Bonchev–Trinajstić information content (AvgIpc) is 3.15. The molecule has 278 valence electrons. The fraction of sp³-hybridized carbons (Fsp3) is 0.543. The number of amidine groups is 1. The van der Waals surface area contributed by atoms with Gasteiger partial charge >= 0.3 is 24.6 Å². The monoisotopic (exact) mass is 722 g/mol. The van der Waals surface area contributed by atoms with Crippen molar-refractivity contribution in [3.05, 3.63) is 75.9 Å². The Morgan fingerprint density at radius 3 is 2.10 bits per heavy atom. The van der Waals surface area contributed by atoms with Gasteiger partial charge in [-0.05, 0) is 114 Å². The highest BCUT2D eigenvalue weighted by Crippen LogP contribution is 2.45. The Balaban J connectivity index is 2.32. The highest BCUT2D eigenvalue weighted by molar-refractivity contribution is 5.90. The summed E-state index contributed by atoms with van der Waals surface area (Å²) < 4.78 is 131. The van der Waals surface area contributed by atoms with Gasteiger partial charge in [-0.1, -0.05) is 18.2 Å². The summed E-state index contributed by atoms with van der Waals surface area (Å²) in [7, 11) is 0. The molecule has 2 aromatic carbocycles. The first-order valence-electron chi connectivity index (χ1n) is 16.2. The number of benzene rings is 2. The molecule has 1 unspecified atom stereocenters. The van der Waals surface area contributed by atoms with Crippen molar-refractivity contribution in [1.29, 1.82) is 0 Å². The number of nitrogens with zero attached hydrogens (tertiary/aromatic N) is 3. The molecule has 0 aromatic heterocycles. The van der Waals surface area contributed by atoms with Crippen LogP contribution >= 0.6 is 0 Å². The van der Waals surface area contributed by atoms with Crippen LogP contribution in [0.2, 0.25) is 0 Å². The van der Waals surface area contributed by atoms with Crippen molar-refractivity contribution >= 4 is 17.6 Å². The zero-order chi connectivity index (χ0) is 37.8. The summed E-state index contributed by atoms with van der Waals surface area (Å²) in [5.74, 6) is -2.10. The van der Waals surface area contributed by atoms with Gasteiger partial charge in [0.25, 0.3) is 0 Å². The van der Waals surface area contributed by atoms with Crippen molar-refractivity contribution in [3.63, 3.8) is 0 Å². The molecule has 0 radical (unpaired) electrons. The first-order valence-corrected chi connectivity index (χ1v) is 16.2. The molecule has 0 bridgehead atoms. The molecular formula is C35H43F9N4O2. The van der Waals surface area contributed by atoms with Crippen LogP contribution in [0.25, 0.3) is 0 Å². The number of nitrogens with two attached hydrogens (primary N) is 1. The van der Waals surface area contributed by atoms with Crippen LogP contribution in [0.3, 0.4) is 0 Å². The van der Waals surface area contributed by atoms with Gasteiger partial charge in [0.15, 0.2) is 0 Å². The summed E-state index contributed by atoms with van der Waals surface area (Å²) in [6.07, 6.45) is -11.8. The van der Waals surface area contributed by atoms with E-state index < -0.39 is 65.2 Å². The van der Waals surface area contributed by atoms with Crippen molar-refractivity contribution in [2.75, 3.05) is 24.5 Å². The average molecular weight is 723 g/mol. The van der Waals surface area contributed by atoms with Crippen LogP contribution in [0.1, 0.15) is 93.2 Å². The summed E-state index contributed by atoms with van der Waals surface area (Å²) in [5.41, 5.74) is 1.10. The number of carbonyl (C=O) groups excluding carboxylic acids is 1. The zero-order valence-corrected chi connectivity index (χ0v) is 28.8. The minimum Gasteiger partial charge on any atom is -0.443 e. The van der Waals surface area contributed by atoms with Crippen LogP contribution in [-0.4, -0.2) is 42.2 Å². The maximum absolute atomic E-state index is 14.2. The van der Waals surface area contributed by atoms with Crippen molar-refractivity contribution < 1.29 is 49.0 Å². The van der Waals surface area contributed by atoms with Crippen molar-refractivity contribution in [1.82, 2.24) is 5.01 Å². The molecule has 0 fully saturated rings. The first kappa shape index (κ1) is 40.5. The molecule has 0 aliphatic carbocycles. The molecule has 1 amide bonds. The van der Waals surface area contributed by atoms with Gasteiger partial charge < -0.3 is 10.5 Å². The van der Waals surface area contributed by atoms with E-state index in [2.05, 4.69) is 5.10 Å². The number of anilines is 1. The fourth-order valence-corrected chi connectivity index (χ4v) is 5.98.